The number of aliphatic hydroxyl groups is 7. The van der Waals surface area contributed by atoms with E-state index in [0.717, 1.165) is 76.0 Å². The fraction of sp³-hybridized carbons (Fsp3) is 1.00. The van der Waals surface area contributed by atoms with Crippen LogP contribution in [0.5, 0.6) is 0 Å². The van der Waals surface area contributed by atoms with Crippen LogP contribution in [0.4, 0.5) is 0 Å². The van der Waals surface area contributed by atoms with Crippen molar-refractivity contribution in [1.82, 2.24) is 0 Å². The number of ether oxygens (including phenoxy) is 1. The molecule has 13 fully saturated rings. The summed E-state index contributed by atoms with van der Waals surface area (Å²) < 4.78 is 6.40. The van der Waals surface area contributed by atoms with Gasteiger partial charge in [-0.1, -0.05) is 27.7 Å². The average molecular weight is 779 g/mol. The molecule has 13 rings (SSSR count). The number of hydrogen-bond acceptors (Lipinski definition) is 8. The predicted molar refractivity (Wildman–Crippen MR) is 208 cm³/mol. The van der Waals surface area contributed by atoms with Crippen LogP contribution in [0.15, 0.2) is 0 Å². The van der Waals surface area contributed by atoms with E-state index < -0.39 is 23.1 Å². The van der Waals surface area contributed by atoms with Crippen molar-refractivity contribution in [3.63, 3.8) is 0 Å². The fourth-order valence-electron chi connectivity index (χ4n) is 20.8. The van der Waals surface area contributed by atoms with Crippen LogP contribution in [0.3, 0.4) is 0 Å². The molecule has 7 N–H and O–H groups in total. The molecule has 1 heterocycles. The monoisotopic (exact) mass is 779 g/mol. The van der Waals surface area contributed by atoms with Gasteiger partial charge < -0.3 is 40.5 Å². The average Bonchev–Trinajstić information content (AvgIpc) is 3.98. The maximum Gasteiger partial charge on any atom is 0.155 e. The number of aliphatic hydroxyl groups excluding tert-OH is 4. The largest absolute Gasteiger partial charge is 0.396 e. The first kappa shape index (κ1) is 37.4. The molecule has 0 amide bonds. The van der Waals surface area contributed by atoms with E-state index in [4.69, 9.17) is 4.74 Å². The minimum atomic E-state index is -0.682. The van der Waals surface area contributed by atoms with Crippen molar-refractivity contribution < 1.29 is 40.5 Å². The number of fused-ring (bicyclic) bond motifs is 22. The van der Waals surface area contributed by atoms with Crippen LogP contribution >= 0.6 is 0 Å². The lowest BCUT2D eigenvalue weighted by Crippen LogP contribution is -2.65. The van der Waals surface area contributed by atoms with Gasteiger partial charge in [0.2, 0.25) is 0 Å². The molecule has 0 bridgehead atoms. The highest BCUT2D eigenvalue weighted by atomic mass is 16.6. The van der Waals surface area contributed by atoms with Gasteiger partial charge in [0.25, 0.3) is 0 Å². The van der Waals surface area contributed by atoms with Crippen molar-refractivity contribution >= 4 is 0 Å². The molecule has 1 saturated heterocycles. The summed E-state index contributed by atoms with van der Waals surface area (Å²) in [6.07, 6.45) is 16.2. The van der Waals surface area contributed by atoms with Crippen molar-refractivity contribution in [2.75, 3.05) is 6.61 Å². The summed E-state index contributed by atoms with van der Waals surface area (Å²) in [5, 5.41) is 75.9. The van der Waals surface area contributed by atoms with Gasteiger partial charge in [-0.3, -0.25) is 0 Å². The molecule has 314 valence electrons. The van der Waals surface area contributed by atoms with Gasteiger partial charge >= 0.3 is 0 Å². The fourth-order valence-corrected chi connectivity index (χ4v) is 20.8. The smallest absolute Gasteiger partial charge is 0.155 e. The van der Waals surface area contributed by atoms with Gasteiger partial charge in [0.1, 0.15) is 0 Å². The molecule has 8 heteroatoms. The van der Waals surface area contributed by atoms with Gasteiger partial charge in [0, 0.05) is 31.3 Å². The summed E-state index contributed by atoms with van der Waals surface area (Å²) in [4.78, 5) is 0. The first-order chi connectivity index (χ1) is 26.5. The van der Waals surface area contributed by atoms with Gasteiger partial charge in [0.15, 0.2) is 6.29 Å². The SMILES string of the molecule is C[C@]12CCC3C(C1[C@@H]1C[C@@H]1[C@@]2(O)CCCO)[C@H]1C[C@H]1[C@]1(O)C[C@@H](O)CC[C@]31C.C[C@]12CCC3C(C1[C@@H]1C[C@@H]1[C@@]21CCC(O)O1)[C@H]1C[C@H]1[C@]1(O)C[C@@H](O)CC[C@]31C. The highest BCUT2D eigenvalue weighted by Gasteiger charge is 2.83. The van der Waals surface area contributed by atoms with Crippen LogP contribution in [-0.4, -0.2) is 83.3 Å². The van der Waals surface area contributed by atoms with Crippen LogP contribution in [0.1, 0.15) is 143 Å². The van der Waals surface area contributed by atoms with E-state index in [9.17, 15) is 35.7 Å². The summed E-state index contributed by atoms with van der Waals surface area (Å²) in [5.74, 6) is 8.35. The van der Waals surface area contributed by atoms with Crippen molar-refractivity contribution in [2.45, 2.75) is 184 Å². The third-order valence-corrected chi connectivity index (χ3v) is 23.4. The number of rotatable bonds is 3. The summed E-state index contributed by atoms with van der Waals surface area (Å²) in [6.45, 7) is 9.75. The van der Waals surface area contributed by atoms with E-state index in [1.165, 1.54) is 32.1 Å². The van der Waals surface area contributed by atoms with E-state index in [1.807, 2.05) is 0 Å². The summed E-state index contributed by atoms with van der Waals surface area (Å²) in [6, 6.07) is 0. The lowest BCUT2D eigenvalue weighted by Gasteiger charge is -2.65. The zero-order valence-electron chi connectivity index (χ0n) is 34.8. The van der Waals surface area contributed by atoms with Gasteiger partial charge in [0.05, 0.1) is 34.6 Å². The third-order valence-electron chi connectivity index (χ3n) is 23.4. The maximum absolute atomic E-state index is 11.9. The molecular weight excluding hydrogens is 705 g/mol. The maximum atomic E-state index is 11.9. The molecule has 7 unspecified atom stereocenters. The summed E-state index contributed by atoms with van der Waals surface area (Å²) in [5.41, 5.74) is -1.94. The molecule has 8 nitrogen and oxygen atoms in total. The van der Waals surface area contributed by atoms with Gasteiger partial charge in [-0.15, -0.1) is 0 Å². The van der Waals surface area contributed by atoms with E-state index in [-0.39, 0.29) is 46.1 Å². The van der Waals surface area contributed by atoms with Crippen molar-refractivity contribution in [3.8, 4) is 0 Å². The Kier molecular flexibility index (Phi) is 7.48. The molecular formula is C48H74O8. The second-order valence-electron chi connectivity index (χ2n) is 24.6. The first-order valence-corrected chi connectivity index (χ1v) is 24.0. The van der Waals surface area contributed by atoms with E-state index in [0.29, 0.717) is 90.3 Å². The molecule has 56 heavy (non-hydrogen) atoms. The van der Waals surface area contributed by atoms with Crippen LogP contribution < -0.4 is 0 Å². The zero-order chi connectivity index (χ0) is 39.0. The molecule has 1 spiro atoms. The molecule has 0 aromatic heterocycles. The summed E-state index contributed by atoms with van der Waals surface area (Å²) >= 11 is 0. The zero-order valence-corrected chi connectivity index (χ0v) is 34.8. The van der Waals surface area contributed by atoms with Gasteiger partial charge in [-0.25, -0.2) is 0 Å². The Hall–Kier alpha value is -0.320. The lowest BCUT2D eigenvalue weighted by molar-refractivity contribution is -0.247. The molecule has 12 aliphatic carbocycles. The molecule has 0 radical (unpaired) electrons. The Morgan fingerprint density at radius 3 is 1.54 bits per heavy atom. The Bertz CT molecular complexity index is 1670. The Labute approximate surface area is 334 Å². The molecule has 0 aromatic carbocycles. The molecule has 1 aliphatic heterocycles. The minimum Gasteiger partial charge on any atom is -0.396 e. The molecule has 0 aromatic rings. The molecule has 25 atom stereocenters. The van der Waals surface area contributed by atoms with Crippen LogP contribution in [0.2, 0.25) is 0 Å². The topological polar surface area (TPSA) is 151 Å². The first-order valence-electron chi connectivity index (χ1n) is 24.0. The quantitative estimate of drug-likeness (QED) is 0.190. The lowest BCUT2D eigenvalue weighted by atomic mass is 9.42. The minimum absolute atomic E-state index is 0.0238. The van der Waals surface area contributed by atoms with Crippen molar-refractivity contribution in [3.05, 3.63) is 0 Å². The van der Waals surface area contributed by atoms with Gasteiger partial charge in [-0.05, 0) is 195 Å². The third kappa shape index (κ3) is 4.14. The second-order valence-corrected chi connectivity index (χ2v) is 24.6. The van der Waals surface area contributed by atoms with Crippen LogP contribution in [0, 0.1) is 105 Å². The van der Waals surface area contributed by atoms with Crippen molar-refractivity contribution in [2.24, 2.45) is 105 Å². The molecule has 13 aliphatic rings. The predicted octanol–water partition coefficient (Wildman–Crippen LogP) is 5.80. The Morgan fingerprint density at radius 2 is 1.00 bits per heavy atom. The van der Waals surface area contributed by atoms with E-state index >= 15 is 0 Å². The molecule has 12 saturated carbocycles. The highest BCUT2D eigenvalue weighted by Crippen LogP contribution is 2.84. The normalized spacial score (nSPS) is 68.7. The Morgan fingerprint density at radius 1 is 0.518 bits per heavy atom. The van der Waals surface area contributed by atoms with Crippen molar-refractivity contribution in [1.29, 1.82) is 0 Å². The second kappa shape index (κ2) is 11.2. The standard InChI is InChI=1S/C24H36O4.C24H38O4/c1-21-6-3-12(25)11-23(21,27)16-9-13(16)19-15(21)4-7-22(2)20(19)14-10-17(14)24(22)8-5-18(26)28-24;1-21-7-4-13(26)12-24(21,28)17-10-14(17)19-16(21)5-8-22(2)20(19)15-11-18(15)23(22,27)6-3-9-25/h12-20,25-27H,3-11H2,1-2H3;13-20,25-28H,3-12H2,1-2H3/t12-,13-,14+,15?,16+,17-,18?,19?,20?,21+,22-,23+,24-;13-,14-,15+,16?,17+,18-,19?,20?,21+,22-,23-,24+/m00/s1. The highest BCUT2D eigenvalue weighted by molar-refractivity contribution is 5.32. The van der Waals surface area contributed by atoms with Crippen LogP contribution in [-0.2, 0) is 4.74 Å². The number of hydrogen-bond donors (Lipinski definition) is 7. The van der Waals surface area contributed by atoms with Crippen LogP contribution in [0.25, 0.3) is 0 Å². The Balaban J connectivity index is 0.000000123. The van der Waals surface area contributed by atoms with E-state index in [1.54, 1.807) is 0 Å². The summed E-state index contributed by atoms with van der Waals surface area (Å²) in [7, 11) is 0. The van der Waals surface area contributed by atoms with E-state index in [2.05, 4.69) is 27.7 Å². The van der Waals surface area contributed by atoms with Gasteiger partial charge in [-0.2, -0.15) is 0 Å².